The molecule has 200 valence electrons. The maximum Gasteiger partial charge on any atom is 0.275 e. The molecule has 0 radical (unpaired) electrons. The normalized spacial score (nSPS) is 20.3. The van der Waals surface area contributed by atoms with Crippen LogP contribution in [0.5, 0.6) is 5.75 Å². The lowest BCUT2D eigenvalue weighted by Gasteiger charge is -2.24. The van der Waals surface area contributed by atoms with Gasteiger partial charge in [0, 0.05) is 38.5 Å². The van der Waals surface area contributed by atoms with Crippen molar-refractivity contribution in [1.29, 1.82) is 0 Å². The van der Waals surface area contributed by atoms with Gasteiger partial charge in [0.25, 0.3) is 5.91 Å². The molecule has 2 aliphatic rings. The van der Waals surface area contributed by atoms with E-state index >= 15 is 0 Å². The first kappa shape index (κ1) is 25.7. The molecule has 0 unspecified atom stereocenters. The molecule has 0 aliphatic carbocycles. The van der Waals surface area contributed by atoms with Crippen LogP contribution in [0.4, 0.5) is 0 Å². The lowest BCUT2D eigenvalue weighted by atomic mass is 9.88. The van der Waals surface area contributed by atoms with Gasteiger partial charge in [0.15, 0.2) is 5.69 Å². The number of nitrogens with zero attached hydrogens (tertiary/aromatic N) is 8. The summed E-state index contributed by atoms with van der Waals surface area (Å²) in [6, 6.07) is 7.63. The number of hydrogen-bond donors (Lipinski definition) is 1. The first-order chi connectivity index (χ1) is 18.5. The molecule has 2 bridgehead atoms. The minimum absolute atomic E-state index is 0.0490. The van der Waals surface area contributed by atoms with Crippen molar-refractivity contribution in [1.82, 2.24) is 44.1 Å². The minimum Gasteiger partial charge on any atom is -0.492 e. The van der Waals surface area contributed by atoms with Crippen LogP contribution in [0.25, 0.3) is 0 Å². The zero-order valence-electron chi connectivity index (χ0n) is 21.0. The first-order valence-electron chi connectivity index (χ1n) is 12.6. The van der Waals surface area contributed by atoms with Gasteiger partial charge in [-0.1, -0.05) is 12.1 Å². The van der Waals surface area contributed by atoms with E-state index in [9.17, 15) is 14.4 Å². The van der Waals surface area contributed by atoms with Crippen LogP contribution in [0.3, 0.4) is 0 Å². The molecule has 2 aromatic heterocycles. The van der Waals surface area contributed by atoms with Gasteiger partial charge >= 0.3 is 0 Å². The van der Waals surface area contributed by atoms with Crippen LogP contribution in [0, 0.1) is 12.8 Å². The number of ether oxygens (including phenoxy) is 1. The third-order valence-electron chi connectivity index (χ3n) is 6.92. The molecule has 1 N–H and O–H groups in total. The highest BCUT2D eigenvalue weighted by molar-refractivity contribution is 6.99. The largest absolute Gasteiger partial charge is 0.492 e. The average Bonchev–Trinajstić information content (AvgIpc) is 3.69. The molecule has 0 saturated carbocycles. The van der Waals surface area contributed by atoms with Crippen molar-refractivity contribution in [3.8, 4) is 5.75 Å². The van der Waals surface area contributed by atoms with Crippen LogP contribution in [0.15, 0.2) is 30.6 Å². The van der Waals surface area contributed by atoms with Gasteiger partial charge in [-0.2, -0.15) is 8.75 Å². The Bertz CT molecular complexity index is 1280. The number of carbonyl (C=O) groups excluding carboxylic acids is 3. The number of fused-ring (bicyclic) bond motifs is 4. The Balaban J connectivity index is 1.31. The quantitative estimate of drug-likeness (QED) is 0.500. The topological polar surface area (TPSA) is 148 Å². The van der Waals surface area contributed by atoms with Crippen molar-refractivity contribution in [2.75, 3.05) is 39.3 Å². The Morgan fingerprint density at radius 1 is 1.16 bits per heavy atom. The number of hydrogen-bond acceptors (Lipinski definition) is 10. The second-order valence-corrected chi connectivity index (χ2v) is 9.92. The zero-order valence-corrected chi connectivity index (χ0v) is 21.8. The molecule has 3 amide bonds. The molecule has 2 atom stereocenters. The Morgan fingerprint density at radius 2 is 2.03 bits per heavy atom. The first-order valence-corrected chi connectivity index (χ1v) is 13.3. The van der Waals surface area contributed by atoms with Crippen LogP contribution in [-0.2, 0) is 16.1 Å². The number of amides is 3. The van der Waals surface area contributed by atoms with Gasteiger partial charge in [0.1, 0.15) is 18.7 Å². The number of benzene rings is 1. The molecule has 1 fully saturated rings. The molecule has 1 aromatic carbocycles. The fraction of sp³-hybridized carbons (Fsp3) is 0.500. The number of aromatic nitrogens is 6. The molecule has 4 heterocycles. The summed E-state index contributed by atoms with van der Waals surface area (Å²) in [7, 11) is 0. The van der Waals surface area contributed by atoms with Gasteiger partial charge < -0.3 is 19.9 Å². The number of rotatable bonds is 4. The van der Waals surface area contributed by atoms with E-state index in [0.717, 1.165) is 17.3 Å². The highest BCUT2D eigenvalue weighted by Crippen LogP contribution is 2.35. The Labute approximate surface area is 223 Å². The van der Waals surface area contributed by atoms with E-state index in [1.165, 1.54) is 11.0 Å². The summed E-state index contributed by atoms with van der Waals surface area (Å²) in [5.74, 6) is -0.248. The van der Waals surface area contributed by atoms with Gasteiger partial charge in [-0.25, -0.2) is 4.68 Å². The molecule has 3 aromatic rings. The molecule has 2 aliphatic heterocycles. The van der Waals surface area contributed by atoms with Gasteiger partial charge in [-0.3, -0.25) is 14.4 Å². The SMILES string of the molecule is Cc1nsnc1C(=O)N1CCCNC(=O)[C@H]2CN(C(=O)CCn3cnnn3)C[C@@H]2c2cccc(c2)OCC1. The molecular formula is C24H29N9O4S. The molecule has 5 rings (SSSR count). The number of carbonyl (C=O) groups is 3. The summed E-state index contributed by atoms with van der Waals surface area (Å²) in [6.07, 6.45) is 2.29. The van der Waals surface area contributed by atoms with E-state index < -0.39 is 5.92 Å². The summed E-state index contributed by atoms with van der Waals surface area (Å²) in [5.41, 5.74) is 1.89. The third kappa shape index (κ3) is 5.79. The smallest absolute Gasteiger partial charge is 0.275 e. The van der Waals surface area contributed by atoms with Crippen LogP contribution < -0.4 is 10.1 Å². The lowest BCUT2D eigenvalue weighted by molar-refractivity contribution is -0.131. The van der Waals surface area contributed by atoms with Gasteiger partial charge in [0.05, 0.1) is 36.4 Å². The molecule has 13 nitrogen and oxygen atoms in total. The highest BCUT2D eigenvalue weighted by atomic mass is 32.1. The number of tetrazole rings is 1. The third-order valence-corrected chi connectivity index (χ3v) is 7.54. The second kappa shape index (κ2) is 11.6. The standard InChI is InChI=1S/C24H29N9O4S/c1-16-22(28-38-27-16)24(36)31-8-3-7-25-23(35)20-14-32(21(34)6-9-33-15-26-29-30-33)13-19(20)17-4-2-5-18(12-17)37-11-10-31/h2,4-5,12,15,19-20H,3,6-11,13-14H2,1H3,(H,25,35)/t19-,20+/m1/s1. The Hall–Kier alpha value is -3.94. The van der Waals surface area contributed by atoms with E-state index in [4.69, 9.17) is 4.74 Å². The summed E-state index contributed by atoms with van der Waals surface area (Å²) in [6.45, 7) is 4.46. The van der Waals surface area contributed by atoms with Crippen LogP contribution in [0.1, 0.15) is 40.5 Å². The molecule has 0 spiro atoms. The predicted octanol–water partition coefficient (Wildman–Crippen LogP) is 0.506. The van der Waals surface area contributed by atoms with Crippen molar-refractivity contribution >= 4 is 29.4 Å². The van der Waals surface area contributed by atoms with Gasteiger partial charge in [-0.05, 0) is 41.5 Å². The van der Waals surface area contributed by atoms with Crippen molar-refractivity contribution < 1.29 is 19.1 Å². The fourth-order valence-electron chi connectivity index (χ4n) is 4.87. The predicted molar refractivity (Wildman–Crippen MR) is 135 cm³/mol. The maximum absolute atomic E-state index is 13.3. The van der Waals surface area contributed by atoms with E-state index in [1.54, 1.807) is 16.7 Å². The van der Waals surface area contributed by atoms with Crippen molar-refractivity contribution in [3.63, 3.8) is 0 Å². The monoisotopic (exact) mass is 539 g/mol. The van der Waals surface area contributed by atoms with E-state index in [2.05, 4.69) is 29.6 Å². The second-order valence-electron chi connectivity index (χ2n) is 9.39. The number of aryl methyl sites for hydroxylation is 2. The molecule has 1 saturated heterocycles. The van der Waals surface area contributed by atoms with Gasteiger partial charge in [0.2, 0.25) is 11.8 Å². The van der Waals surface area contributed by atoms with Gasteiger partial charge in [-0.15, -0.1) is 5.10 Å². The van der Waals surface area contributed by atoms with Crippen molar-refractivity contribution in [2.24, 2.45) is 5.92 Å². The van der Waals surface area contributed by atoms with E-state index in [0.29, 0.717) is 69.4 Å². The number of nitrogens with one attached hydrogen (secondary N) is 1. The van der Waals surface area contributed by atoms with Crippen molar-refractivity contribution in [2.45, 2.75) is 32.2 Å². The highest BCUT2D eigenvalue weighted by Gasteiger charge is 2.40. The maximum atomic E-state index is 13.3. The zero-order chi connectivity index (χ0) is 26.5. The van der Waals surface area contributed by atoms with Crippen LogP contribution in [0.2, 0.25) is 0 Å². The Morgan fingerprint density at radius 3 is 2.82 bits per heavy atom. The molecule has 14 heteroatoms. The minimum atomic E-state index is -0.397. The number of likely N-dealkylation sites (tertiary alicyclic amines) is 1. The summed E-state index contributed by atoms with van der Waals surface area (Å²) in [5, 5.41) is 14.0. The average molecular weight is 540 g/mol. The summed E-state index contributed by atoms with van der Waals surface area (Å²) < 4.78 is 15.8. The fourth-order valence-corrected chi connectivity index (χ4v) is 5.42. The summed E-state index contributed by atoms with van der Waals surface area (Å²) in [4.78, 5) is 42.8. The lowest BCUT2D eigenvalue weighted by Crippen LogP contribution is -2.39. The molecule has 38 heavy (non-hydrogen) atoms. The van der Waals surface area contributed by atoms with E-state index in [-0.39, 0.29) is 30.1 Å². The van der Waals surface area contributed by atoms with Crippen LogP contribution >= 0.6 is 11.7 Å². The molecular weight excluding hydrogens is 510 g/mol. The summed E-state index contributed by atoms with van der Waals surface area (Å²) >= 11 is 1.01. The van der Waals surface area contributed by atoms with E-state index in [1.807, 2.05) is 24.3 Å². The Kier molecular flexibility index (Phi) is 7.86. The van der Waals surface area contributed by atoms with Crippen molar-refractivity contribution in [3.05, 3.63) is 47.5 Å². The van der Waals surface area contributed by atoms with Crippen LogP contribution in [-0.4, -0.2) is 95.8 Å².